The van der Waals surface area contributed by atoms with Crippen LogP contribution in [0.4, 0.5) is 0 Å². The van der Waals surface area contributed by atoms with Gasteiger partial charge >= 0.3 is 5.97 Å². The van der Waals surface area contributed by atoms with Crippen molar-refractivity contribution in [2.24, 2.45) is 17.3 Å². The standard InChI is InChI=1S/C23H32O6/c1-13(2)23(27)9-8-22(4)19(25)11-14(3)10-18(20(22)23)29-21(26)15-6-7-16(24)17(12-15)28-5/h6-7,11-13,18-20,24-25,27H,8-10H2,1-5H3/t18-,19-,20+,22-,23+/m0/s1. The van der Waals surface area contributed by atoms with E-state index in [9.17, 15) is 20.1 Å². The Hall–Kier alpha value is -2.05. The first-order valence-corrected chi connectivity index (χ1v) is 10.2. The van der Waals surface area contributed by atoms with Gasteiger partial charge in [-0.2, -0.15) is 0 Å². The number of carbonyl (C=O) groups is 1. The third-order valence-corrected chi connectivity index (χ3v) is 7.00. The number of aromatic hydroxyl groups is 1. The van der Waals surface area contributed by atoms with Gasteiger partial charge in [0.25, 0.3) is 0 Å². The molecule has 1 aromatic carbocycles. The Balaban J connectivity index is 1.97. The summed E-state index contributed by atoms with van der Waals surface area (Å²) in [5, 5.41) is 32.2. The molecule has 0 bridgehead atoms. The zero-order valence-electron chi connectivity index (χ0n) is 17.8. The van der Waals surface area contributed by atoms with Crippen molar-refractivity contribution < 1.29 is 29.6 Å². The van der Waals surface area contributed by atoms with Crippen molar-refractivity contribution in [3.05, 3.63) is 35.4 Å². The molecule has 0 unspecified atom stereocenters. The van der Waals surface area contributed by atoms with Gasteiger partial charge in [-0.15, -0.1) is 0 Å². The Morgan fingerprint density at radius 3 is 2.59 bits per heavy atom. The second kappa shape index (κ2) is 7.65. The maximum Gasteiger partial charge on any atom is 0.338 e. The summed E-state index contributed by atoms with van der Waals surface area (Å²) < 4.78 is 11.0. The number of aliphatic hydroxyl groups is 2. The summed E-state index contributed by atoms with van der Waals surface area (Å²) in [4.78, 5) is 12.9. The van der Waals surface area contributed by atoms with Gasteiger partial charge in [-0.3, -0.25) is 0 Å². The molecule has 1 saturated carbocycles. The van der Waals surface area contributed by atoms with Gasteiger partial charge in [-0.25, -0.2) is 4.79 Å². The maximum absolute atomic E-state index is 12.9. The Morgan fingerprint density at radius 1 is 1.28 bits per heavy atom. The van der Waals surface area contributed by atoms with Crippen LogP contribution in [0.2, 0.25) is 0 Å². The molecule has 0 saturated heterocycles. The Morgan fingerprint density at radius 2 is 1.97 bits per heavy atom. The Labute approximate surface area is 172 Å². The van der Waals surface area contributed by atoms with E-state index < -0.39 is 35.1 Å². The van der Waals surface area contributed by atoms with Crippen LogP contribution in [-0.4, -0.2) is 46.2 Å². The third-order valence-electron chi connectivity index (χ3n) is 7.00. The molecule has 3 N–H and O–H groups in total. The van der Waals surface area contributed by atoms with Gasteiger partial charge in [-0.05, 0) is 43.9 Å². The van der Waals surface area contributed by atoms with Gasteiger partial charge in [0.05, 0.1) is 24.4 Å². The summed E-state index contributed by atoms with van der Waals surface area (Å²) in [5.41, 5.74) is -0.431. The summed E-state index contributed by atoms with van der Waals surface area (Å²) in [6.07, 6.45) is 2.20. The van der Waals surface area contributed by atoms with Crippen molar-refractivity contribution in [2.75, 3.05) is 7.11 Å². The van der Waals surface area contributed by atoms with E-state index in [2.05, 4.69) is 0 Å². The molecule has 5 atom stereocenters. The molecule has 6 heteroatoms. The number of phenols is 1. The molecular weight excluding hydrogens is 372 g/mol. The van der Waals surface area contributed by atoms with Gasteiger partial charge in [0.15, 0.2) is 11.5 Å². The van der Waals surface area contributed by atoms with Gasteiger partial charge < -0.3 is 24.8 Å². The largest absolute Gasteiger partial charge is 0.504 e. The molecule has 0 heterocycles. The highest BCUT2D eigenvalue weighted by Crippen LogP contribution is 2.58. The third kappa shape index (κ3) is 3.64. The fourth-order valence-electron chi connectivity index (χ4n) is 5.16. The molecule has 1 fully saturated rings. The highest BCUT2D eigenvalue weighted by Gasteiger charge is 2.61. The van der Waals surface area contributed by atoms with E-state index in [4.69, 9.17) is 9.47 Å². The van der Waals surface area contributed by atoms with E-state index in [-0.39, 0.29) is 23.0 Å². The number of fused-ring (bicyclic) bond motifs is 1. The van der Waals surface area contributed by atoms with Crippen LogP contribution in [0.3, 0.4) is 0 Å². The molecule has 0 aliphatic heterocycles. The molecule has 0 spiro atoms. The molecule has 1 aromatic rings. The summed E-state index contributed by atoms with van der Waals surface area (Å²) in [7, 11) is 1.41. The number of methoxy groups -OCH3 is 1. The van der Waals surface area contributed by atoms with Crippen molar-refractivity contribution in [3.63, 3.8) is 0 Å². The monoisotopic (exact) mass is 404 g/mol. The molecule has 2 aliphatic carbocycles. The zero-order valence-corrected chi connectivity index (χ0v) is 17.8. The second-order valence-corrected chi connectivity index (χ2v) is 9.12. The minimum absolute atomic E-state index is 0.0464. The smallest absolute Gasteiger partial charge is 0.338 e. The van der Waals surface area contributed by atoms with Crippen molar-refractivity contribution in [3.8, 4) is 11.5 Å². The van der Waals surface area contributed by atoms with Crippen LogP contribution in [0.1, 0.15) is 57.3 Å². The second-order valence-electron chi connectivity index (χ2n) is 9.12. The highest BCUT2D eigenvalue weighted by molar-refractivity contribution is 5.90. The van der Waals surface area contributed by atoms with Crippen LogP contribution in [0, 0.1) is 17.3 Å². The van der Waals surface area contributed by atoms with Gasteiger partial charge in [0.1, 0.15) is 6.10 Å². The average molecular weight is 405 g/mol. The molecule has 0 amide bonds. The predicted molar refractivity (Wildman–Crippen MR) is 109 cm³/mol. The number of hydrogen-bond acceptors (Lipinski definition) is 6. The zero-order chi connectivity index (χ0) is 21.6. The summed E-state index contributed by atoms with van der Waals surface area (Å²) in [5.74, 6) is -0.858. The van der Waals surface area contributed by atoms with Gasteiger partial charge in [0, 0.05) is 17.8 Å². The Bertz CT molecular complexity index is 816. The predicted octanol–water partition coefficient (Wildman–Crippen LogP) is 3.44. The van der Waals surface area contributed by atoms with E-state index in [0.29, 0.717) is 19.3 Å². The number of aliphatic hydroxyl groups excluding tert-OH is 1. The molecule has 160 valence electrons. The molecule has 6 nitrogen and oxygen atoms in total. The lowest BCUT2D eigenvalue weighted by molar-refractivity contribution is -0.127. The number of ether oxygens (including phenoxy) is 2. The van der Waals surface area contributed by atoms with E-state index in [1.807, 2.05) is 33.8 Å². The lowest BCUT2D eigenvalue weighted by Crippen LogP contribution is -2.52. The normalized spacial score (nSPS) is 34.3. The molecule has 3 rings (SSSR count). The van der Waals surface area contributed by atoms with E-state index in [1.165, 1.54) is 25.3 Å². The first kappa shape index (κ1) is 21.7. The Kier molecular flexibility index (Phi) is 5.71. The number of rotatable bonds is 4. The van der Waals surface area contributed by atoms with Gasteiger partial charge in [-0.1, -0.05) is 32.4 Å². The van der Waals surface area contributed by atoms with Gasteiger partial charge in [0.2, 0.25) is 0 Å². The quantitative estimate of drug-likeness (QED) is 0.525. The molecule has 29 heavy (non-hydrogen) atoms. The minimum Gasteiger partial charge on any atom is -0.504 e. The van der Waals surface area contributed by atoms with Crippen LogP contribution >= 0.6 is 0 Å². The molecule has 0 radical (unpaired) electrons. The lowest BCUT2D eigenvalue weighted by Gasteiger charge is -2.44. The van der Waals surface area contributed by atoms with Crippen molar-refractivity contribution in [1.29, 1.82) is 0 Å². The van der Waals surface area contributed by atoms with Crippen LogP contribution in [-0.2, 0) is 4.74 Å². The van der Waals surface area contributed by atoms with Crippen LogP contribution < -0.4 is 4.74 Å². The molecular formula is C23H32O6. The lowest BCUT2D eigenvalue weighted by atomic mass is 9.66. The number of carbonyl (C=O) groups excluding carboxylic acids is 1. The SMILES string of the molecule is COc1cc(C(=O)O[C@H]2CC(C)=C[C@H](O)[C@]3(C)CC[C@@](O)(C(C)C)[C@H]23)ccc1O. The van der Waals surface area contributed by atoms with Crippen LogP contribution in [0.25, 0.3) is 0 Å². The number of esters is 1. The fourth-order valence-corrected chi connectivity index (χ4v) is 5.16. The number of benzene rings is 1. The number of hydrogen-bond donors (Lipinski definition) is 3. The topological polar surface area (TPSA) is 96.2 Å². The van der Waals surface area contributed by atoms with Crippen LogP contribution in [0.15, 0.2) is 29.8 Å². The van der Waals surface area contributed by atoms with E-state index in [0.717, 1.165) is 5.57 Å². The first-order valence-electron chi connectivity index (χ1n) is 10.2. The van der Waals surface area contributed by atoms with Crippen LogP contribution in [0.5, 0.6) is 11.5 Å². The highest BCUT2D eigenvalue weighted by atomic mass is 16.5. The van der Waals surface area contributed by atoms with Crippen molar-refractivity contribution in [1.82, 2.24) is 0 Å². The first-order chi connectivity index (χ1) is 13.5. The van der Waals surface area contributed by atoms with Crippen molar-refractivity contribution in [2.45, 2.75) is 64.8 Å². The minimum atomic E-state index is -1.04. The number of phenolic OH excluding ortho intramolecular Hbond substituents is 1. The maximum atomic E-state index is 12.9. The van der Waals surface area contributed by atoms with E-state index >= 15 is 0 Å². The molecule has 2 aliphatic rings. The summed E-state index contributed by atoms with van der Waals surface area (Å²) in [6.45, 7) is 7.81. The fraction of sp³-hybridized carbons (Fsp3) is 0.609. The summed E-state index contributed by atoms with van der Waals surface area (Å²) >= 11 is 0. The summed E-state index contributed by atoms with van der Waals surface area (Å²) in [6, 6.07) is 4.31. The van der Waals surface area contributed by atoms with Crippen molar-refractivity contribution >= 4 is 5.97 Å². The average Bonchev–Trinajstić information content (AvgIpc) is 2.90. The van der Waals surface area contributed by atoms with E-state index in [1.54, 1.807) is 0 Å². The molecule has 0 aromatic heterocycles.